The van der Waals surface area contributed by atoms with Gasteiger partial charge in [0.15, 0.2) is 0 Å². The fourth-order valence-electron chi connectivity index (χ4n) is 6.90. The second-order valence-corrected chi connectivity index (χ2v) is 13.6. The molecule has 1 unspecified atom stereocenters. The van der Waals surface area contributed by atoms with Gasteiger partial charge in [-0.05, 0) is 77.8 Å². The molecule has 0 heterocycles. The van der Waals surface area contributed by atoms with Crippen LogP contribution in [0.2, 0.25) is 0 Å². The predicted octanol–water partition coefficient (Wildman–Crippen LogP) is 10.5. The molecule has 0 fully saturated rings. The molecule has 50 heavy (non-hydrogen) atoms. The topological polar surface area (TPSA) is 83.5 Å². The van der Waals surface area contributed by atoms with E-state index < -0.39 is 21.5 Å². The molecule has 0 aliphatic carbocycles. The highest BCUT2D eigenvalue weighted by molar-refractivity contribution is 7.85. The van der Waals surface area contributed by atoms with Crippen LogP contribution >= 0.6 is 0 Å². The summed E-state index contributed by atoms with van der Waals surface area (Å²) in [6.07, 6.45) is 0. The predicted molar refractivity (Wildman–Crippen MR) is 200 cm³/mol. The molecule has 242 valence electrons. The molecule has 8 aromatic carbocycles. The van der Waals surface area contributed by atoms with Crippen molar-refractivity contribution in [2.24, 2.45) is 0 Å². The zero-order valence-electron chi connectivity index (χ0n) is 26.7. The fraction of sp³-hybridized carbons (Fsp3) is 0.0227. The molecule has 0 saturated heterocycles. The summed E-state index contributed by atoms with van der Waals surface area (Å²) in [5, 5.41) is 5.85. The lowest BCUT2D eigenvalue weighted by Crippen LogP contribution is -2.21. The summed E-state index contributed by atoms with van der Waals surface area (Å²) in [6, 6.07) is 53.6. The smallest absolute Gasteiger partial charge is 0.340 e. The number of hydrogen-bond donors (Lipinski definition) is 0. The Labute approximate surface area is 289 Å². The number of hydrogen-bond acceptors (Lipinski definition) is 5. The lowest BCUT2D eigenvalue weighted by Gasteiger charge is -2.24. The molecular formula is C44H29O5S-. The van der Waals surface area contributed by atoms with Crippen LogP contribution in [0.4, 0.5) is 0 Å². The monoisotopic (exact) mass is 669 g/mol. The van der Waals surface area contributed by atoms with E-state index in [1.54, 1.807) is 18.2 Å². The van der Waals surface area contributed by atoms with Crippen molar-refractivity contribution in [2.75, 3.05) is 0 Å². The van der Waals surface area contributed by atoms with Gasteiger partial charge in [0.2, 0.25) is 5.44 Å². The van der Waals surface area contributed by atoms with Gasteiger partial charge in [0.05, 0.1) is 5.56 Å². The second kappa shape index (κ2) is 12.7. The summed E-state index contributed by atoms with van der Waals surface area (Å²) in [5.41, 5.74) is 2.64. The maximum absolute atomic E-state index is 14.8. The average molecular weight is 670 g/mol. The number of carbonyl (C=O) groups excluding carboxylic acids is 1. The molecule has 5 nitrogen and oxygen atoms in total. The first kappa shape index (κ1) is 31.2. The van der Waals surface area contributed by atoms with Gasteiger partial charge in [0, 0.05) is 5.56 Å². The van der Waals surface area contributed by atoms with Crippen LogP contribution in [-0.4, -0.2) is 18.9 Å². The summed E-state index contributed by atoms with van der Waals surface area (Å²) in [7, 11) is -5.11. The number of fused-ring (bicyclic) bond motifs is 3. The first-order valence-electron chi connectivity index (χ1n) is 16.2. The minimum atomic E-state index is -5.11. The van der Waals surface area contributed by atoms with E-state index in [-0.39, 0.29) is 11.1 Å². The van der Waals surface area contributed by atoms with E-state index in [4.69, 9.17) is 4.74 Å². The maximum atomic E-state index is 14.8. The molecular weight excluding hydrogens is 641 g/mol. The molecule has 6 heteroatoms. The van der Waals surface area contributed by atoms with Crippen molar-refractivity contribution in [3.8, 4) is 33.4 Å². The molecule has 0 aliphatic heterocycles. The molecule has 0 spiro atoms. The molecule has 8 rings (SSSR count). The summed E-state index contributed by atoms with van der Waals surface area (Å²) in [6.45, 7) is 0. The summed E-state index contributed by atoms with van der Waals surface area (Å²) >= 11 is 0. The Morgan fingerprint density at radius 1 is 0.480 bits per heavy atom. The van der Waals surface area contributed by atoms with Crippen LogP contribution in [0.5, 0.6) is 0 Å². The third-order valence-electron chi connectivity index (χ3n) is 9.15. The van der Waals surface area contributed by atoms with E-state index in [0.717, 1.165) is 54.6 Å². The Balaban J connectivity index is 1.48. The van der Waals surface area contributed by atoms with E-state index in [2.05, 4.69) is 24.3 Å². The quantitative estimate of drug-likeness (QED) is 0.125. The van der Waals surface area contributed by atoms with Gasteiger partial charge in [0.1, 0.15) is 10.1 Å². The van der Waals surface area contributed by atoms with Crippen LogP contribution in [0.15, 0.2) is 170 Å². The second-order valence-electron chi connectivity index (χ2n) is 12.2. The van der Waals surface area contributed by atoms with Gasteiger partial charge in [-0.2, -0.15) is 0 Å². The van der Waals surface area contributed by atoms with Crippen LogP contribution in [0.25, 0.3) is 65.7 Å². The fourth-order valence-corrected chi connectivity index (χ4v) is 7.60. The van der Waals surface area contributed by atoms with E-state index in [9.17, 15) is 17.8 Å². The summed E-state index contributed by atoms with van der Waals surface area (Å²) in [5.74, 6) is -0.923. The van der Waals surface area contributed by atoms with Crippen LogP contribution in [0, 0.1) is 0 Å². The minimum Gasteiger partial charge on any atom is -0.745 e. The van der Waals surface area contributed by atoms with E-state index in [1.807, 2.05) is 115 Å². The third kappa shape index (κ3) is 5.71. The first-order valence-corrected chi connectivity index (χ1v) is 17.7. The number of benzene rings is 8. The van der Waals surface area contributed by atoms with Gasteiger partial charge in [-0.25, -0.2) is 13.2 Å². The van der Waals surface area contributed by atoms with Gasteiger partial charge in [-0.15, -0.1) is 0 Å². The molecule has 1 atom stereocenters. The zero-order chi connectivity index (χ0) is 34.2. The van der Waals surface area contributed by atoms with Crippen molar-refractivity contribution in [3.05, 3.63) is 181 Å². The summed E-state index contributed by atoms with van der Waals surface area (Å²) in [4.78, 5) is 14.8. The Kier molecular flexibility index (Phi) is 7.96. The molecule has 0 aliphatic rings. The van der Waals surface area contributed by atoms with Gasteiger partial charge < -0.3 is 9.29 Å². The van der Waals surface area contributed by atoms with Gasteiger partial charge in [0.25, 0.3) is 0 Å². The minimum absolute atomic E-state index is 0.0710. The van der Waals surface area contributed by atoms with Gasteiger partial charge in [-0.1, -0.05) is 158 Å². The number of esters is 1. The Bertz CT molecular complexity index is 2570. The van der Waals surface area contributed by atoms with Crippen LogP contribution in [0.1, 0.15) is 21.4 Å². The van der Waals surface area contributed by atoms with E-state index >= 15 is 0 Å². The number of carbonyl (C=O) groups is 1. The normalized spacial score (nSPS) is 12.3. The van der Waals surface area contributed by atoms with Crippen molar-refractivity contribution in [1.29, 1.82) is 0 Å². The van der Waals surface area contributed by atoms with Gasteiger partial charge in [-0.3, -0.25) is 0 Å². The highest BCUT2D eigenvalue weighted by atomic mass is 32.2. The molecule has 0 aromatic heterocycles. The SMILES string of the molecule is O=C(OC(c1ccccc1)S(=O)(=O)[O-])c1c(-c2cccc3ccccc23)cc(-c2cccc3ccccc23)cc1-c1cccc2ccccc12. The van der Waals surface area contributed by atoms with Crippen LogP contribution in [-0.2, 0) is 14.9 Å². The highest BCUT2D eigenvalue weighted by Gasteiger charge is 2.29. The maximum Gasteiger partial charge on any atom is 0.340 e. The molecule has 8 aromatic rings. The van der Waals surface area contributed by atoms with E-state index in [0.29, 0.717) is 11.1 Å². The molecule has 0 saturated carbocycles. The number of ether oxygens (including phenoxy) is 1. The Morgan fingerprint density at radius 2 is 0.880 bits per heavy atom. The molecule has 0 bridgehead atoms. The molecule has 0 amide bonds. The largest absolute Gasteiger partial charge is 0.745 e. The molecule has 0 N–H and O–H groups in total. The molecule has 0 radical (unpaired) electrons. The van der Waals surface area contributed by atoms with Crippen molar-refractivity contribution < 1.29 is 22.5 Å². The van der Waals surface area contributed by atoms with Crippen molar-refractivity contribution in [2.45, 2.75) is 5.44 Å². The van der Waals surface area contributed by atoms with Gasteiger partial charge >= 0.3 is 5.97 Å². The number of rotatable bonds is 7. The Hall–Kier alpha value is -6.08. The summed E-state index contributed by atoms with van der Waals surface area (Å²) < 4.78 is 43.9. The standard InChI is InChI=1S/C44H30O5S/c45-43(49-44(50(46,47)48)32-16-2-1-3-17-32)42-40(38-25-11-19-30-14-5-8-22-35(30)38)27-33(37-24-10-18-29-13-4-7-21-34(29)37)28-41(42)39-26-12-20-31-15-6-9-23-36(31)39/h1-28,44H,(H,46,47,48)/p-1. The first-order chi connectivity index (χ1) is 24.4. The average Bonchev–Trinajstić information content (AvgIpc) is 3.15. The van der Waals surface area contributed by atoms with Crippen molar-refractivity contribution in [3.63, 3.8) is 0 Å². The highest BCUT2D eigenvalue weighted by Crippen LogP contribution is 2.44. The van der Waals surface area contributed by atoms with Crippen molar-refractivity contribution >= 4 is 48.4 Å². The van der Waals surface area contributed by atoms with Crippen LogP contribution in [0.3, 0.4) is 0 Å². The van der Waals surface area contributed by atoms with Crippen molar-refractivity contribution in [1.82, 2.24) is 0 Å². The Morgan fingerprint density at radius 3 is 1.36 bits per heavy atom. The zero-order valence-corrected chi connectivity index (χ0v) is 27.5. The van der Waals surface area contributed by atoms with E-state index in [1.165, 1.54) is 12.1 Å². The van der Waals surface area contributed by atoms with Crippen LogP contribution < -0.4 is 0 Å². The third-order valence-corrected chi connectivity index (χ3v) is 10.0. The lowest BCUT2D eigenvalue weighted by atomic mass is 9.84. The lowest BCUT2D eigenvalue weighted by molar-refractivity contribution is 0.0428.